The van der Waals surface area contributed by atoms with E-state index in [1.165, 1.54) is 19.2 Å². The van der Waals surface area contributed by atoms with Gasteiger partial charge in [-0.15, -0.1) is 0 Å². The molecule has 1 aromatic rings. The molecular formula is C13H18BrN3O3. The molecule has 0 aliphatic carbocycles. The number of benzene rings is 1. The molecule has 0 atom stereocenters. The maximum Gasteiger partial charge on any atom is 0.274 e. The fraction of sp³-hybridized carbons (Fsp3) is 0.538. The lowest BCUT2D eigenvalue weighted by Gasteiger charge is -2.36. The highest BCUT2D eigenvalue weighted by Crippen LogP contribution is 2.39. The number of halogens is 1. The molecule has 0 spiro atoms. The van der Waals surface area contributed by atoms with Crippen LogP contribution in [0, 0.1) is 10.1 Å². The summed E-state index contributed by atoms with van der Waals surface area (Å²) < 4.78 is 6.04. The van der Waals surface area contributed by atoms with E-state index in [9.17, 15) is 10.1 Å². The number of ether oxygens (including phenoxy) is 1. The van der Waals surface area contributed by atoms with Crippen molar-refractivity contribution in [1.82, 2.24) is 4.90 Å². The lowest BCUT2D eigenvalue weighted by molar-refractivity contribution is -0.385. The van der Waals surface area contributed by atoms with Crippen LogP contribution in [0.5, 0.6) is 5.75 Å². The summed E-state index contributed by atoms with van der Waals surface area (Å²) >= 11 is 3.44. The van der Waals surface area contributed by atoms with E-state index in [2.05, 4.69) is 32.7 Å². The maximum atomic E-state index is 10.9. The summed E-state index contributed by atoms with van der Waals surface area (Å²) in [6.45, 7) is 6.96. The lowest BCUT2D eigenvalue weighted by atomic mass is 10.2. The molecule has 110 valence electrons. The SMILES string of the molecule is CCN1CCN(c2c(Br)cc([N+](=O)[O-])cc2OC)CC1. The zero-order valence-corrected chi connectivity index (χ0v) is 13.2. The van der Waals surface area contributed by atoms with Gasteiger partial charge in [0.1, 0.15) is 5.75 Å². The van der Waals surface area contributed by atoms with Crippen LogP contribution in [0.25, 0.3) is 0 Å². The van der Waals surface area contributed by atoms with Crippen molar-refractivity contribution < 1.29 is 9.66 Å². The number of nitrogens with zero attached hydrogens (tertiary/aromatic N) is 3. The summed E-state index contributed by atoms with van der Waals surface area (Å²) in [6.07, 6.45) is 0. The third-order valence-corrected chi connectivity index (χ3v) is 4.18. The van der Waals surface area contributed by atoms with E-state index < -0.39 is 4.92 Å². The van der Waals surface area contributed by atoms with Crippen molar-refractivity contribution >= 4 is 27.3 Å². The van der Waals surface area contributed by atoms with Crippen molar-refractivity contribution in [3.63, 3.8) is 0 Å². The van der Waals surface area contributed by atoms with Gasteiger partial charge in [0.2, 0.25) is 0 Å². The Hall–Kier alpha value is -1.34. The van der Waals surface area contributed by atoms with Crippen LogP contribution in [0.1, 0.15) is 6.92 Å². The summed E-state index contributed by atoms with van der Waals surface area (Å²) in [6, 6.07) is 3.01. The third-order valence-electron chi connectivity index (χ3n) is 3.58. The molecule has 0 aromatic heterocycles. The zero-order chi connectivity index (χ0) is 14.7. The Morgan fingerprint density at radius 2 is 2.00 bits per heavy atom. The van der Waals surface area contributed by atoms with Crippen LogP contribution in [0.3, 0.4) is 0 Å². The largest absolute Gasteiger partial charge is 0.494 e. The van der Waals surface area contributed by atoms with Crippen LogP contribution in [-0.2, 0) is 0 Å². The molecule has 0 amide bonds. The number of nitro groups is 1. The Labute approximate surface area is 126 Å². The predicted molar refractivity (Wildman–Crippen MR) is 81.7 cm³/mol. The van der Waals surface area contributed by atoms with Gasteiger partial charge in [-0.05, 0) is 22.5 Å². The van der Waals surface area contributed by atoms with Gasteiger partial charge in [0.25, 0.3) is 5.69 Å². The van der Waals surface area contributed by atoms with E-state index in [-0.39, 0.29) is 5.69 Å². The number of hydrogen-bond acceptors (Lipinski definition) is 5. The van der Waals surface area contributed by atoms with Crippen molar-refractivity contribution in [3.05, 3.63) is 26.7 Å². The Bertz CT molecular complexity index is 502. The van der Waals surface area contributed by atoms with Gasteiger partial charge in [-0.2, -0.15) is 0 Å². The highest BCUT2D eigenvalue weighted by molar-refractivity contribution is 9.10. The number of piperazine rings is 1. The molecular weight excluding hydrogens is 326 g/mol. The van der Waals surface area contributed by atoms with E-state index in [0.717, 1.165) is 38.4 Å². The van der Waals surface area contributed by atoms with Gasteiger partial charge in [0.05, 0.1) is 28.3 Å². The van der Waals surface area contributed by atoms with Gasteiger partial charge in [-0.25, -0.2) is 0 Å². The molecule has 1 aromatic carbocycles. The minimum Gasteiger partial charge on any atom is -0.494 e. The summed E-state index contributed by atoms with van der Waals surface area (Å²) in [4.78, 5) is 15.1. The normalized spacial score (nSPS) is 16.2. The maximum absolute atomic E-state index is 10.9. The molecule has 0 unspecified atom stereocenters. The van der Waals surface area contributed by atoms with E-state index in [0.29, 0.717) is 10.2 Å². The molecule has 6 nitrogen and oxygen atoms in total. The lowest BCUT2D eigenvalue weighted by Crippen LogP contribution is -2.46. The first-order valence-corrected chi connectivity index (χ1v) is 7.35. The van der Waals surface area contributed by atoms with Crippen molar-refractivity contribution in [2.75, 3.05) is 44.7 Å². The fourth-order valence-electron chi connectivity index (χ4n) is 2.42. The molecule has 1 fully saturated rings. The molecule has 0 bridgehead atoms. The van der Waals surface area contributed by atoms with E-state index in [1.807, 2.05) is 0 Å². The molecule has 0 saturated carbocycles. The molecule has 1 aliphatic heterocycles. The molecule has 1 heterocycles. The molecule has 1 aliphatic rings. The Balaban J connectivity index is 2.29. The van der Waals surface area contributed by atoms with E-state index in [4.69, 9.17) is 4.74 Å². The number of likely N-dealkylation sites (N-methyl/N-ethyl adjacent to an activating group) is 1. The summed E-state index contributed by atoms with van der Waals surface area (Å²) in [5, 5.41) is 10.9. The minimum absolute atomic E-state index is 0.0321. The van der Waals surface area contributed by atoms with Gasteiger partial charge in [0.15, 0.2) is 0 Å². The summed E-state index contributed by atoms with van der Waals surface area (Å²) in [5.74, 6) is 0.538. The van der Waals surface area contributed by atoms with E-state index >= 15 is 0 Å². The molecule has 7 heteroatoms. The third kappa shape index (κ3) is 3.04. The van der Waals surface area contributed by atoms with Crippen molar-refractivity contribution in [1.29, 1.82) is 0 Å². The molecule has 0 radical (unpaired) electrons. The zero-order valence-electron chi connectivity index (χ0n) is 11.6. The second-order valence-corrected chi connectivity index (χ2v) is 5.51. The number of rotatable bonds is 4. The number of nitro benzene ring substituents is 1. The minimum atomic E-state index is -0.411. The Morgan fingerprint density at radius 3 is 2.50 bits per heavy atom. The number of methoxy groups -OCH3 is 1. The topological polar surface area (TPSA) is 58.9 Å². The quantitative estimate of drug-likeness (QED) is 0.621. The average molecular weight is 344 g/mol. The molecule has 0 N–H and O–H groups in total. The first-order valence-electron chi connectivity index (χ1n) is 6.56. The molecule has 1 saturated heterocycles. The molecule has 20 heavy (non-hydrogen) atoms. The van der Waals surface area contributed by atoms with Crippen LogP contribution < -0.4 is 9.64 Å². The summed E-state index contributed by atoms with van der Waals surface area (Å²) in [7, 11) is 1.54. The van der Waals surface area contributed by atoms with E-state index in [1.54, 1.807) is 0 Å². The smallest absolute Gasteiger partial charge is 0.274 e. The second kappa shape index (κ2) is 6.41. The van der Waals surface area contributed by atoms with Crippen LogP contribution in [0.2, 0.25) is 0 Å². The van der Waals surface area contributed by atoms with Crippen LogP contribution in [0.4, 0.5) is 11.4 Å². The van der Waals surface area contributed by atoms with Crippen LogP contribution >= 0.6 is 15.9 Å². The number of non-ortho nitro benzene ring substituents is 1. The monoisotopic (exact) mass is 343 g/mol. The number of anilines is 1. The second-order valence-electron chi connectivity index (χ2n) is 4.66. The van der Waals surface area contributed by atoms with Gasteiger partial charge >= 0.3 is 0 Å². The van der Waals surface area contributed by atoms with Crippen LogP contribution in [0.15, 0.2) is 16.6 Å². The first-order chi connectivity index (χ1) is 9.56. The molecule has 2 rings (SSSR count). The standard InChI is InChI=1S/C13H18BrN3O3/c1-3-15-4-6-16(7-5-15)13-11(14)8-10(17(18)19)9-12(13)20-2/h8-9H,3-7H2,1-2H3. The van der Waals surface area contributed by atoms with Gasteiger partial charge < -0.3 is 14.5 Å². The van der Waals surface area contributed by atoms with Crippen molar-refractivity contribution in [2.24, 2.45) is 0 Å². The Morgan fingerprint density at radius 1 is 1.35 bits per heavy atom. The van der Waals surface area contributed by atoms with Gasteiger partial charge in [-0.1, -0.05) is 6.92 Å². The van der Waals surface area contributed by atoms with Crippen LogP contribution in [-0.4, -0.2) is 49.7 Å². The van der Waals surface area contributed by atoms with Gasteiger partial charge in [0, 0.05) is 32.2 Å². The first kappa shape index (κ1) is 15.1. The predicted octanol–water partition coefficient (Wildman–Crippen LogP) is 2.51. The van der Waals surface area contributed by atoms with Crippen molar-refractivity contribution in [3.8, 4) is 5.75 Å². The fourth-order valence-corrected chi connectivity index (χ4v) is 3.10. The highest BCUT2D eigenvalue weighted by Gasteiger charge is 2.23. The summed E-state index contributed by atoms with van der Waals surface area (Å²) in [5.41, 5.74) is 0.929. The number of hydrogen-bond donors (Lipinski definition) is 0. The average Bonchev–Trinajstić information content (AvgIpc) is 2.46. The van der Waals surface area contributed by atoms with Crippen molar-refractivity contribution in [2.45, 2.75) is 6.92 Å². The van der Waals surface area contributed by atoms with Gasteiger partial charge in [-0.3, -0.25) is 10.1 Å². The Kier molecular flexibility index (Phi) is 4.82. The highest BCUT2D eigenvalue weighted by atomic mass is 79.9.